The lowest BCUT2D eigenvalue weighted by Gasteiger charge is -2.40. The maximum Gasteiger partial charge on any atom is 0.409 e. The van der Waals surface area contributed by atoms with Crippen LogP contribution in [0.3, 0.4) is 0 Å². The first-order valence-corrected chi connectivity index (χ1v) is 13.8. The summed E-state index contributed by atoms with van der Waals surface area (Å²) in [6.45, 7) is 2.53. The van der Waals surface area contributed by atoms with E-state index >= 15 is 4.39 Å². The molecule has 0 radical (unpaired) electrons. The third kappa shape index (κ3) is 7.49. The second kappa shape index (κ2) is 10.2. The highest BCUT2D eigenvalue weighted by Crippen LogP contribution is 3.02. The largest absolute Gasteiger partial charge is 0.490 e. The summed E-state index contributed by atoms with van der Waals surface area (Å²) in [5.41, 5.74) is -1.74. The number of carboxylic acid groups (broad SMARTS) is 1. The lowest BCUT2D eigenvalue weighted by atomic mass is 10.1. The number of anilines is 1. The van der Waals surface area contributed by atoms with Crippen LogP contribution in [0.4, 0.5) is 34.3 Å². The minimum atomic E-state index is -10.3. The van der Waals surface area contributed by atoms with Crippen molar-refractivity contribution >= 4 is 33.6 Å². The second-order valence-electron chi connectivity index (χ2n) is 8.75. The molecule has 0 atom stereocenters. The monoisotopic (exact) mass is 583 g/mol. The third-order valence-electron chi connectivity index (χ3n) is 5.39. The van der Waals surface area contributed by atoms with Gasteiger partial charge in [-0.2, -0.15) is 0 Å². The Labute approximate surface area is 220 Å². The molecule has 216 valence electrons. The number of benzene rings is 2. The lowest BCUT2D eigenvalue weighted by Crippen LogP contribution is -2.30. The Hall–Kier alpha value is -3.62. The van der Waals surface area contributed by atoms with Crippen molar-refractivity contribution < 1.29 is 48.0 Å². The molecule has 0 saturated heterocycles. The lowest BCUT2D eigenvalue weighted by molar-refractivity contribution is 0.0962. The van der Waals surface area contributed by atoms with Crippen molar-refractivity contribution in [2.75, 3.05) is 25.1 Å². The number of Topliss-reactive ketones (excluding diaryl/α,β-unsaturated/α-hetero) is 1. The molecule has 8 nitrogen and oxygen atoms in total. The maximum atomic E-state index is 15.1. The van der Waals surface area contributed by atoms with Crippen molar-refractivity contribution in [2.45, 2.75) is 44.6 Å². The van der Waals surface area contributed by atoms with E-state index in [0.717, 1.165) is 4.90 Å². The molecule has 2 aromatic rings. The number of ketones is 1. The average molecular weight is 584 g/mol. The van der Waals surface area contributed by atoms with Gasteiger partial charge in [0.2, 0.25) is 0 Å². The number of ether oxygens (including phenoxy) is 2. The van der Waals surface area contributed by atoms with Gasteiger partial charge in [0.15, 0.2) is 23.1 Å². The summed E-state index contributed by atoms with van der Waals surface area (Å²) in [4.78, 5) is 22.2. The number of nitrogens with zero attached hydrogens (tertiary/aromatic N) is 1. The van der Waals surface area contributed by atoms with Crippen LogP contribution in [-0.2, 0) is 6.54 Å². The number of amides is 1. The van der Waals surface area contributed by atoms with Gasteiger partial charge in [0.25, 0.3) is 0 Å². The first-order chi connectivity index (χ1) is 17.9. The highest BCUT2D eigenvalue weighted by Gasteiger charge is 2.65. The summed E-state index contributed by atoms with van der Waals surface area (Å²) in [6, 6.07) is 1.89. The quantitative estimate of drug-likeness (QED) is 0.207. The van der Waals surface area contributed by atoms with Crippen molar-refractivity contribution in [2.24, 2.45) is 0 Å². The van der Waals surface area contributed by atoms with Crippen molar-refractivity contribution in [1.82, 2.24) is 4.90 Å². The van der Waals surface area contributed by atoms with Crippen molar-refractivity contribution in [1.29, 1.82) is 5.41 Å². The normalized spacial score (nSPS) is 15.8. The van der Waals surface area contributed by atoms with Gasteiger partial charge in [-0.25, -0.2) is 9.18 Å². The molecule has 0 aromatic heterocycles. The van der Waals surface area contributed by atoms with Crippen LogP contribution < -0.4 is 14.8 Å². The van der Waals surface area contributed by atoms with E-state index in [-0.39, 0.29) is 54.5 Å². The summed E-state index contributed by atoms with van der Waals surface area (Å²) in [6.07, 6.45) is 2.66. The van der Waals surface area contributed by atoms with Gasteiger partial charge in [0.05, 0.1) is 25.3 Å². The summed E-state index contributed by atoms with van der Waals surface area (Å²) in [5, 5.41) is 18.6. The molecule has 0 spiro atoms. The molecule has 0 unspecified atom stereocenters. The molecule has 2 aliphatic rings. The SMILES string of the molecule is C1CC1.CCOc1cc2c(c(F)c1OCC)C(=N)N(CC(=O)c1cc(NC(=O)O)cc(S(F)(F)(F)(F)F)c1)C2. The number of halogens is 6. The summed E-state index contributed by atoms with van der Waals surface area (Å²) in [5.74, 6) is -2.73. The Morgan fingerprint density at radius 2 is 1.64 bits per heavy atom. The van der Waals surface area contributed by atoms with E-state index in [0.29, 0.717) is 6.07 Å². The van der Waals surface area contributed by atoms with Crippen LogP contribution >= 0.6 is 10.2 Å². The molecule has 2 aromatic carbocycles. The molecule has 4 rings (SSSR count). The topological polar surface area (TPSA) is 112 Å². The minimum Gasteiger partial charge on any atom is -0.490 e. The minimum absolute atomic E-state index is 0.0598. The van der Waals surface area contributed by atoms with E-state index in [9.17, 15) is 29.0 Å². The Kier molecular flexibility index (Phi) is 7.80. The zero-order valence-corrected chi connectivity index (χ0v) is 21.8. The van der Waals surface area contributed by atoms with Crippen molar-refractivity contribution in [3.05, 3.63) is 46.8 Å². The fraction of sp³-hybridized carbons (Fsp3) is 0.375. The number of nitrogens with one attached hydrogen (secondary N) is 2. The number of hydrogen-bond donors (Lipinski definition) is 3. The molecule has 15 heteroatoms. The Morgan fingerprint density at radius 3 is 2.15 bits per heavy atom. The van der Waals surface area contributed by atoms with Crippen LogP contribution in [0.5, 0.6) is 11.5 Å². The highest BCUT2D eigenvalue weighted by atomic mass is 32.5. The predicted octanol–water partition coefficient (Wildman–Crippen LogP) is 7.56. The van der Waals surface area contributed by atoms with E-state index < -0.39 is 56.4 Å². The zero-order chi connectivity index (χ0) is 29.2. The molecular formula is C24H27F6N3O5S. The van der Waals surface area contributed by atoms with Crippen LogP contribution in [0.25, 0.3) is 0 Å². The highest BCUT2D eigenvalue weighted by molar-refractivity contribution is 8.45. The third-order valence-corrected chi connectivity index (χ3v) is 6.51. The number of fused-ring (bicyclic) bond motifs is 1. The van der Waals surface area contributed by atoms with Crippen molar-refractivity contribution in [3.63, 3.8) is 0 Å². The molecule has 39 heavy (non-hydrogen) atoms. The number of rotatable bonds is 9. The van der Waals surface area contributed by atoms with E-state index in [1.807, 2.05) is 0 Å². The van der Waals surface area contributed by atoms with E-state index in [2.05, 4.69) is 0 Å². The summed E-state index contributed by atoms with van der Waals surface area (Å²) < 4.78 is 92.8. The maximum absolute atomic E-state index is 15.1. The molecule has 3 N–H and O–H groups in total. The molecule has 1 aliphatic carbocycles. The van der Waals surface area contributed by atoms with Gasteiger partial charge in [-0.15, -0.1) is 0 Å². The van der Waals surface area contributed by atoms with Gasteiger partial charge in [0.1, 0.15) is 10.7 Å². The fourth-order valence-electron chi connectivity index (χ4n) is 3.60. The van der Waals surface area contributed by atoms with Crippen LogP contribution in [0.2, 0.25) is 0 Å². The van der Waals surface area contributed by atoms with Crippen LogP contribution in [0.1, 0.15) is 54.6 Å². The van der Waals surface area contributed by atoms with Crippen molar-refractivity contribution in [3.8, 4) is 11.5 Å². The van der Waals surface area contributed by atoms with E-state index in [4.69, 9.17) is 20.0 Å². The van der Waals surface area contributed by atoms with Gasteiger partial charge in [0, 0.05) is 17.8 Å². The Balaban J connectivity index is 0.00000131. The first-order valence-electron chi connectivity index (χ1n) is 11.8. The number of amidine groups is 1. The second-order valence-corrected chi connectivity index (χ2v) is 11.2. The van der Waals surface area contributed by atoms with E-state index in [1.165, 1.54) is 30.6 Å². The van der Waals surface area contributed by atoms with Crippen LogP contribution in [-0.4, -0.2) is 47.5 Å². The number of hydrogen-bond acceptors (Lipinski definition) is 5. The smallest absolute Gasteiger partial charge is 0.409 e. The fourth-order valence-corrected chi connectivity index (χ4v) is 4.30. The summed E-state index contributed by atoms with van der Waals surface area (Å²) in [7, 11) is -10.3. The molecule has 1 saturated carbocycles. The zero-order valence-electron chi connectivity index (χ0n) is 21.0. The molecular weight excluding hydrogens is 556 g/mol. The van der Waals surface area contributed by atoms with Gasteiger partial charge in [-0.05, 0) is 43.7 Å². The van der Waals surface area contributed by atoms with E-state index in [1.54, 1.807) is 13.8 Å². The number of carbonyl (C=O) groups is 2. The van der Waals surface area contributed by atoms with Crippen LogP contribution in [0, 0.1) is 11.2 Å². The molecule has 1 heterocycles. The first kappa shape index (κ1) is 29.9. The Bertz CT molecular complexity index is 1320. The van der Waals surface area contributed by atoms with Gasteiger partial charge >= 0.3 is 16.3 Å². The summed E-state index contributed by atoms with van der Waals surface area (Å²) >= 11 is 0. The molecule has 1 fully saturated rings. The average Bonchev–Trinajstić information content (AvgIpc) is 3.65. The van der Waals surface area contributed by atoms with Gasteiger partial charge in [-0.1, -0.05) is 38.7 Å². The Morgan fingerprint density at radius 1 is 1.03 bits per heavy atom. The molecule has 1 amide bonds. The van der Waals surface area contributed by atoms with Gasteiger partial charge < -0.3 is 19.5 Å². The predicted molar refractivity (Wildman–Crippen MR) is 134 cm³/mol. The number of carbonyl (C=O) groups excluding carboxylic acids is 1. The van der Waals surface area contributed by atoms with Gasteiger partial charge in [-0.3, -0.25) is 15.5 Å². The molecule has 1 aliphatic heterocycles. The van der Waals surface area contributed by atoms with Crippen LogP contribution in [0.15, 0.2) is 29.2 Å². The molecule has 0 bridgehead atoms. The standard InChI is InChI=1S/C21H21F6N3O5S.C3H6/c1-3-34-16-7-12-9-30(20(28)17(12)18(22)19(16)35-4-2)10-15(31)11-5-13(29-21(32)33)8-14(6-11)36(23,24,25,26)27;1-2-3-1/h5-8,28-29H,3-4,9-10H2,1-2H3,(H,32,33);1-3H2.